The minimum Gasteiger partial charge on any atom is -0.381 e. The van der Waals surface area contributed by atoms with E-state index in [9.17, 15) is 0 Å². The van der Waals surface area contributed by atoms with E-state index >= 15 is 0 Å². The van der Waals surface area contributed by atoms with Crippen LogP contribution in [0.5, 0.6) is 0 Å². The molecule has 2 rings (SSSR count). The van der Waals surface area contributed by atoms with Gasteiger partial charge in [-0.15, -0.1) is 0 Å². The fourth-order valence-corrected chi connectivity index (χ4v) is 1.99. The molecule has 4 nitrogen and oxygen atoms in total. The molecule has 0 bridgehead atoms. The highest BCUT2D eigenvalue weighted by Crippen LogP contribution is 2.23. The molecular weight excluding hydrogens is 202 g/mol. The monoisotopic (exact) mass is 221 g/mol. The Hall–Kier alpha value is -1.16. The molecule has 2 heterocycles. The Labute approximate surface area is 96.4 Å². The van der Waals surface area contributed by atoms with Gasteiger partial charge in [-0.05, 0) is 26.7 Å². The van der Waals surface area contributed by atoms with Crippen LogP contribution in [0.3, 0.4) is 0 Å². The lowest BCUT2D eigenvalue weighted by Gasteiger charge is -2.21. The van der Waals surface area contributed by atoms with Gasteiger partial charge >= 0.3 is 0 Å². The molecule has 1 aliphatic heterocycles. The zero-order valence-corrected chi connectivity index (χ0v) is 9.99. The summed E-state index contributed by atoms with van der Waals surface area (Å²) in [7, 11) is 0. The molecule has 1 aromatic heterocycles. The lowest BCUT2D eigenvalue weighted by molar-refractivity contribution is 0.0780. The van der Waals surface area contributed by atoms with Crippen LogP contribution < -0.4 is 5.32 Å². The second kappa shape index (κ2) is 5.25. The summed E-state index contributed by atoms with van der Waals surface area (Å²) in [5.41, 5.74) is 1.02. The molecule has 0 aromatic carbocycles. The van der Waals surface area contributed by atoms with Gasteiger partial charge in [0.15, 0.2) is 0 Å². The van der Waals surface area contributed by atoms with Gasteiger partial charge in [0.2, 0.25) is 0 Å². The van der Waals surface area contributed by atoms with Gasteiger partial charge in [0, 0.05) is 30.8 Å². The van der Waals surface area contributed by atoms with E-state index in [-0.39, 0.29) is 0 Å². The quantitative estimate of drug-likeness (QED) is 0.849. The first kappa shape index (κ1) is 11.3. The Kier molecular flexibility index (Phi) is 3.72. The summed E-state index contributed by atoms with van der Waals surface area (Å²) in [6.45, 7) is 6.60. The fraction of sp³-hybridized carbons (Fsp3) is 0.667. The van der Waals surface area contributed by atoms with Crippen molar-refractivity contribution in [2.24, 2.45) is 0 Å². The predicted molar refractivity (Wildman–Crippen MR) is 63.7 cm³/mol. The van der Waals surface area contributed by atoms with Gasteiger partial charge in [0.25, 0.3) is 0 Å². The summed E-state index contributed by atoms with van der Waals surface area (Å²) in [6, 6.07) is 1.98. The van der Waals surface area contributed by atoms with Crippen molar-refractivity contribution >= 4 is 5.82 Å². The largest absolute Gasteiger partial charge is 0.381 e. The van der Waals surface area contributed by atoms with Crippen molar-refractivity contribution in [1.82, 2.24) is 9.97 Å². The third kappa shape index (κ3) is 2.70. The maximum atomic E-state index is 5.48. The smallest absolute Gasteiger partial charge is 0.136 e. The minimum absolute atomic E-state index is 0.367. The van der Waals surface area contributed by atoms with E-state index < -0.39 is 0 Å². The zero-order chi connectivity index (χ0) is 11.4. The molecule has 0 radical (unpaired) electrons. The maximum absolute atomic E-state index is 5.48. The van der Waals surface area contributed by atoms with Crippen LogP contribution in [-0.4, -0.2) is 29.7 Å². The van der Waals surface area contributed by atoms with Gasteiger partial charge in [-0.2, -0.15) is 0 Å². The first-order valence-electron chi connectivity index (χ1n) is 5.96. The Morgan fingerprint density at radius 1 is 1.50 bits per heavy atom. The van der Waals surface area contributed by atoms with Crippen molar-refractivity contribution in [2.75, 3.05) is 25.1 Å². The number of hydrogen-bond donors (Lipinski definition) is 1. The SMILES string of the molecule is CCNc1cc(C)nc(C2CCCOC2)n1. The number of aromatic nitrogens is 2. The number of aryl methyl sites for hydroxylation is 1. The Bertz CT molecular complexity index is 348. The number of anilines is 1. The molecule has 1 unspecified atom stereocenters. The molecule has 1 N–H and O–H groups in total. The van der Waals surface area contributed by atoms with Gasteiger partial charge in [-0.3, -0.25) is 0 Å². The van der Waals surface area contributed by atoms with Crippen LogP contribution in [0.4, 0.5) is 5.82 Å². The van der Waals surface area contributed by atoms with Gasteiger partial charge in [0.05, 0.1) is 6.61 Å². The van der Waals surface area contributed by atoms with Gasteiger partial charge in [-0.25, -0.2) is 9.97 Å². The van der Waals surface area contributed by atoms with E-state index in [1.54, 1.807) is 0 Å². The zero-order valence-electron chi connectivity index (χ0n) is 9.99. The standard InChI is InChI=1S/C12H19N3O/c1-3-13-11-7-9(2)14-12(15-11)10-5-4-6-16-8-10/h7,10H,3-6,8H2,1-2H3,(H,13,14,15). The fourth-order valence-electron chi connectivity index (χ4n) is 1.99. The molecule has 16 heavy (non-hydrogen) atoms. The van der Waals surface area contributed by atoms with Crippen LogP contribution in [0.25, 0.3) is 0 Å². The summed E-state index contributed by atoms with van der Waals surface area (Å²) in [6.07, 6.45) is 2.24. The molecule has 0 spiro atoms. The number of ether oxygens (including phenoxy) is 1. The van der Waals surface area contributed by atoms with Crippen LogP contribution in [0, 0.1) is 6.92 Å². The van der Waals surface area contributed by atoms with Crippen molar-refractivity contribution in [2.45, 2.75) is 32.6 Å². The third-order valence-corrected chi connectivity index (χ3v) is 2.75. The second-order valence-electron chi connectivity index (χ2n) is 4.20. The van der Waals surface area contributed by atoms with Crippen LogP contribution in [0.1, 0.15) is 37.2 Å². The summed E-state index contributed by atoms with van der Waals surface area (Å²) >= 11 is 0. The van der Waals surface area contributed by atoms with E-state index in [1.807, 2.05) is 13.0 Å². The molecule has 88 valence electrons. The van der Waals surface area contributed by atoms with E-state index in [0.717, 1.165) is 49.9 Å². The molecule has 1 atom stereocenters. The highest BCUT2D eigenvalue weighted by Gasteiger charge is 2.19. The average Bonchev–Trinajstić information content (AvgIpc) is 2.30. The van der Waals surface area contributed by atoms with Crippen LogP contribution >= 0.6 is 0 Å². The van der Waals surface area contributed by atoms with Crippen LogP contribution in [-0.2, 0) is 4.74 Å². The van der Waals surface area contributed by atoms with Crippen LogP contribution in [0.2, 0.25) is 0 Å². The molecule has 0 amide bonds. The number of nitrogens with one attached hydrogen (secondary N) is 1. The molecule has 1 fully saturated rings. The van der Waals surface area contributed by atoms with Crippen molar-refractivity contribution in [3.05, 3.63) is 17.6 Å². The predicted octanol–water partition coefficient (Wildman–Crippen LogP) is 2.11. The molecular formula is C12H19N3O. The van der Waals surface area contributed by atoms with E-state index in [2.05, 4.69) is 22.2 Å². The molecule has 1 aliphatic rings. The lowest BCUT2D eigenvalue weighted by Crippen LogP contribution is -2.18. The number of hydrogen-bond acceptors (Lipinski definition) is 4. The first-order chi connectivity index (χ1) is 7.79. The lowest BCUT2D eigenvalue weighted by atomic mass is 10.0. The van der Waals surface area contributed by atoms with Crippen molar-refractivity contribution in [3.8, 4) is 0 Å². The van der Waals surface area contributed by atoms with E-state index in [1.165, 1.54) is 0 Å². The van der Waals surface area contributed by atoms with Crippen molar-refractivity contribution < 1.29 is 4.74 Å². The highest BCUT2D eigenvalue weighted by atomic mass is 16.5. The summed E-state index contributed by atoms with van der Waals surface area (Å²) in [5, 5.41) is 3.24. The second-order valence-corrected chi connectivity index (χ2v) is 4.20. The average molecular weight is 221 g/mol. The molecule has 4 heteroatoms. The number of rotatable bonds is 3. The first-order valence-corrected chi connectivity index (χ1v) is 5.96. The third-order valence-electron chi connectivity index (χ3n) is 2.75. The van der Waals surface area contributed by atoms with E-state index in [0.29, 0.717) is 5.92 Å². The summed E-state index contributed by atoms with van der Waals surface area (Å²) in [5.74, 6) is 2.22. The van der Waals surface area contributed by atoms with Gasteiger partial charge < -0.3 is 10.1 Å². The van der Waals surface area contributed by atoms with Crippen molar-refractivity contribution in [3.63, 3.8) is 0 Å². The topological polar surface area (TPSA) is 47.0 Å². The van der Waals surface area contributed by atoms with Gasteiger partial charge in [-0.1, -0.05) is 0 Å². The van der Waals surface area contributed by atoms with E-state index in [4.69, 9.17) is 4.74 Å². The highest BCUT2D eigenvalue weighted by molar-refractivity contribution is 5.36. The Morgan fingerprint density at radius 3 is 3.06 bits per heavy atom. The normalized spacial score (nSPS) is 20.8. The maximum Gasteiger partial charge on any atom is 0.136 e. The summed E-state index contributed by atoms with van der Waals surface area (Å²) < 4.78 is 5.48. The minimum atomic E-state index is 0.367. The Balaban J connectivity index is 2.18. The van der Waals surface area contributed by atoms with Gasteiger partial charge in [0.1, 0.15) is 11.6 Å². The molecule has 1 saturated heterocycles. The summed E-state index contributed by atoms with van der Waals surface area (Å²) in [4.78, 5) is 9.05. The molecule has 0 aliphatic carbocycles. The Morgan fingerprint density at radius 2 is 2.38 bits per heavy atom. The van der Waals surface area contributed by atoms with Crippen molar-refractivity contribution in [1.29, 1.82) is 0 Å². The molecule has 1 aromatic rings. The van der Waals surface area contributed by atoms with Crippen LogP contribution in [0.15, 0.2) is 6.07 Å². The number of nitrogens with zero attached hydrogens (tertiary/aromatic N) is 2. The molecule has 0 saturated carbocycles.